The Kier molecular flexibility index (Phi) is 4.58. The minimum absolute atomic E-state index is 0.0585. The molecule has 0 aromatic heterocycles. The van der Waals surface area contributed by atoms with E-state index < -0.39 is 0 Å². The molecule has 19 heavy (non-hydrogen) atoms. The van der Waals surface area contributed by atoms with E-state index in [1.54, 1.807) is 6.07 Å². The Morgan fingerprint density at radius 3 is 2.74 bits per heavy atom. The van der Waals surface area contributed by atoms with Gasteiger partial charge in [-0.05, 0) is 38.3 Å². The maximum Gasteiger partial charge on any atom is 0.127 e. The molecular formula is C16H25FN2. The molecule has 2 N–H and O–H groups in total. The van der Waals surface area contributed by atoms with Crippen molar-refractivity contribution in [2.45, 2.75) is 44.7 Å². The van der Waals surface area contributed by atoms with Crippen molar-refractivity contribution < 1.29 is 4.39 Å². The molecule has 1 aliphatic carbocycles. The highest BCUT2D eigenvalue weighted by molar-refractivity contribution is 5.17. The Labute approximate surface area is 115 Å². The zero-order valence-electron chi connectivity index (χ0n) is 12.0. The van der Waals surface area contributed by atoms with Gasteiger partial charge >= 0.3 is 0 Å². The van der Waals surface area contributed by atoms with E-state index in [-0.39, 0.29) is 11.4 Å². The number of hydrogen-bond acceptors (Lipinski definition) is 2. The summed E-state index contributed by atoms with van der Waals surface area (Å²) in [6.07, 6.45) is 4.74. The van der Waals surface area contributed by atoms with Crippen LogP contribution in [-0.4, -0.2) is 24.0 Å². The molecule has 1 aromatic carbocycles. The Bertz CT molecular complexity index is 421. The van der Waals surface area contributed by atoms with Crippen molar-refractivity contribution in [3.63, 3.8) is 0 Å². The standard InChI is InChI=1S/C16H25FN2/c1-3-13-8-9-16(10-13,12-18)19(2)11-14-6-4-5-7-15(14)17/h4-7,13H,3,8-12,18H2,1-2H3. The second-order valence-electron chi connectivity index (χ2n) is 5.89. The smallest absolute Gasteiger partial charge is 0.127 e. The second kappa shape index (κ2) is 6.02. The second-order valence-corrected chi connectivity index (χ2v) is 5.89. The van der Waals surface area contributed by atoms with E-state index >= 15 is 0 Å². The van der Waals surface area contributed by atoms with E-state index in [0.29, 0.717) is 13.1 Å². The summed E-state index contributed by atoms with van der Waals surface area (Å²) >= 11 is 0. The molecule has 1 aliphatic rings. The van der Waals surface area contributed by atoms with Gasteiger partial charge in [-0.1, -0.05) is 31.5 Å². The molecule has 106 valence electrons. The highest BCUT2D eigenvalue weighted by Gasteiger charge is 2.40. The first-order chi connectivity index (χ1) is 9.11. The molecule has 2 nitrogen and oxygen atoms in total. The quantitative estimate of drug-likeness (QED) is 0.885. The van der Waals surface area contributed by atoms with Crippen molar-refractivity contribution in [2.24, 2.45) is 11.7 Å². The number of benzene rings is 1. The molecule has 3 heteroatoms. The number of rotatable bonds is 5. The van der Waals surface area contributed by atoms with Crippen LogP contribution in [0.4, 0.5) is 4.39 Å². The largest absolute Gasteiger partial charge is 0.329 e. The third-order valence-corrected chi connectivity index (χ3v) is 4.82. The first kappa shape index (κ1) is 14.5. The van der Waals surface area contributed by atoms with Crippen molar-refractivity contribution in [1.29, 1.82) is 0 Å². The summed E-state index contributed by atoms with van der Waals surface area (Å²) in [7, 11) is 2.08. The van der Waals surface area contributed by atoms with Gasteiger partial charge in [0.15, 0.2) is 0 Å². The molecule has 1 saturated carbocycles. The van der Waals surface area contributed by atoms with Crippen LogP contribution < -0.4 is 5.73 Å². The lowest BCUT2D eigenvalue weighted by Gasteiger charge is -2.38. The van der Waals surface area contributed by atoms with Crippen molar-refractivity contribution in [2.75, 3.05) is 13.6 Å². The molecule has 0 heterocycles. The van der Waals surface area contributed by atoms with Crippen molar-refractivity contribution in [1.82, 2.24) is 4.90 Å². The minimum atomic E-state index is -0.119. The summed E-state index contributed by atoms with van der Waals surface area (Å²) < 4.78 is 13.8. The van der Waals surface area contributed by atoms with Crippen LogP contribution in [0.3, 0.4) is 0 Å². The fourth-order valence-electron chi connectivity index (χ4n) is 3.30. The van der Waals surface area contributed by atoms with Gasteiger partial charge in [-0.25, -0.2) is 4.39 Å². The van der Waals surface area contributed by atoms with E-state index in [1.165, 1.54) is 18.9 Å². The SMILES string of the molecule is CCC1CCC(CN)(N(C)Cc2ccccc2F)C1. The monoisotopic (exact) mass is 264 g/mol. The fraction of sp³-hybridized carbons (Fsp3) is 0.625. The van der Waals surface area contributed by atoms with Crippen LogP contribution in [0.5, 0.6) is 0 Å². The summed E-state index contributed by atoms with van der Waals surface area (Å²) in [5.74, 6) is 0.651. The van der Waals surface area contributed by atoms with Crippen LogP contribution in [0.15, 0.2) is 24.3 Å². The molecule has 0 bridgehead atoms. The van der Waals surface area contributed by atoms with Crippen LogP contribution in [-0.2, 0) is 6.54 Å². The van der Waals surface area contributed by atoms with Gasteiger partial charge in [0, 0.05) is 24.2 Å². The minimum Gasteiger partial charge on any atom is -0.329 e. The summed E-state index contributed by atoms with van der Waals surface area (Å²) in [5.41, 5.74) is 6.86. The van der Waals surface area contributed by atoms with Gasteiger partial charge in [0.2, 0.25) is 0 Å². The summed E-state index contributed by atoms with van der Waals surface area (Å²) in [6.45, 7) is 3.54. The zero-order chi connectivity index (χ0) is 13.9. The van der Waals surface area contributed by atoms with Gasteiger partial charge in [0.1, 0.15) is 5.82 Å². The molecule has 0 spiro atoms. The number of hydrogen-bond donors (Lipinski definition) is 1. The van der Waals surface area contributed by atoms with Gasteiger partial charge in [-0.15, -0.1) is 0 Å². The van der Waals surface area contributed by atoms with E-state index in [4.69, 9.17) is 5.73 Å². The van der Waals surface area contributed by atoms with Gasteiger partial charge < -0.3 is 5.73 Å². The molecule has 2 atom stereocenters. The average Bonchev–Trinajstić information content (AvgIpc) is 2.86. The molecule has 0 radical (unpaired) electrons. The number of halogens is 1. The lowest BCUT2D eigenvalue weighted by atomic mass is 9.92. The first-order valence-electron chi connectivity index (χ1n) is 7.26. The Morgan fingerprint density at radius 1 is 1.42 bits per heavy atom. The van der Waals surface area contributed by atoms with Crippen molar-refractivity contribution >= 4 is 0 Å². The van der Waals surface area contributed by atoms with E-state index in [0.717, 1.165) is 24.3 Å². The predicted octanol–water partition coefficient (Wildman–Crippen LogP) is 3.17. The molecule has 1 aromatic rings. The molecule has 0 amide bonds. The maximum atomic E-state index is 13.8. The van der Waals surface area contributed by atoms with Crippen molar-refractivity contribution in [3.05, 3.63) is 35.6 Å². The van der Waals surface area contributed by atoms with Crippen LogP contribution >= 0.6 is 0 Å². The third kappa shape index (κ3) is 2.98. The lowest BCUT2D eigenvalue weighted by molar-refractivity contribution is 0.117. The average molecular weight is 264 g/mol. The Morgan fingerprint density at radius 2 is 2.16 bits per heavy atom. The van der Waals surface area contributed by atoms with Crippen molar-refractivity contribution in [3.8, 4) is 0 Å². The molecular weight excluding hydrogens is 239 g/mol. The third-order valence-electron chi connectivity index (χ3n) is 4.82. The van der Waals surface area contributed by atoms with Gasteiger partial charge in [0.25, 0.3) is 0 Å². The Hall–Kier alpha value is -0.930. The summed E-state index contributed by atoms with van der Waals surface area (Å²) in [5, 5.41) is 0. The highest BCUT2D eigenvalue weighted by Crippen LogP contribution is 2.40. The van der Waals surface area contributed by atoms with E-state index in [2.05, 4.69) is 18.9 Å². The number of likely N-dealkylation sites (N-methyl/N-ethyl adjacent to an activating group) is 1. The Balaban J connectivity index is 2.10. The van der Waals surface area contributed by atoms with Crippen LogP contribution in [0.2, 0.25) is 0 Å². The highest BCUT2D eigenvalue weighted by atomic mass is 19.1. The van der Waals surface area contributed by atoms with Gasteiger partial charge in [0.05, 0.1) is 0 Å². The molecule has 0 aliphatic heterocycles. The van der Waals surface area contributed by atoms with Gasteiger partial charge in [-0.3, -0.25) is 4.90 Å². The molecule has 1 fully saturated rings. The first-order valence-corrected chi connectivity index (χ1v) is 7.26. The summed E-state index contributed by atoms with van der Waals surface area (Å²) in [6, 6.07) is 7.02. The normalized spacial score (nSPS) is 27.1. The lowest BCUT2D eigenvalue weighted by Crippen LogP contribution is -2.50. The van der Waals surface area contributed by atoms with Crippen LogP contribution in [0, 0.1) is 11.7 Å². The maximum absolute atomic E-state index is 13.8. The van der Waals surface area contributed by atoms with E-state index in [1.807, 2.05) is 12.1 Å². The molecule has 2 rings (SSSR count). The number of nitrogens with two attached hydrogens (primary N) is 1. The van der Waals surface area contributed by atoms with E-state index in [9.17, 15) is 4.39 Å². The molecule has 0 saturated heterocycles. The predicted molar refractivity (Wildman–Crippen MR) is 77.3 cm³/mol. The topological polar surface area (TPSA) is 29.3 Å². The zero-order valence-corrected chi connectivity index (χ0v) is 12.0. The fourth-order valence-corrected chi connectivity index (χ4v) is 3.30. The van der Waals surface area contributed by atoms with Crippen LogP contribution in [0.1, 0.15) is 38.2 Å². The summed E-state index contributed by atoms with van der Waals surface area (Å²) in [4.78, 5) is 2.26. The number of nitrogens with zero attached hydrogens (tertiary/aromatic N) is 1. The molecule has 2 unspecified atom stereocenters. The van der Waals surface area contributed by atoms with Crippen LogP contribution in [0.25, 0.3) is 0 Å². The van der Waals surface area contributed by atoms with Gasteiger partial charge in [-0.2, -0.15) is 0 Å².